The molecule has 4 aromatic rings. The molecule has 0 unspecified atom stereocenters. The summed E-state index contributed by atoms with van der Waals surface area (Å²) in [6.45, 7) is 2.12. The maximum absolute atomic E-state index is 9.19. The minimum atomic E-state index is -1.88. The van der Waals surface area contributed by atoms with Gasteiger partial charge in [0.2, 0.25) is 0 Å². The Labute approximate surface area is 162 Å². The molecule has 0 saturated carbocycles. The summed E-state index contributed by atoms with van der Waals surface area (Å²) in [7, 11) is 2.11. The van der Waals surface area contributed by atoms with E-state index >= 15 is 0 Å². The second kappa shape index (κ2) is 6.25. The van der Waals surface area contributed by atoms with E-state index in [0.717, 1.165) is 33.2 Å². The first-order chi connectivity index (χ1) is 12.8. The van der Waals surface area contributed by atoms with E-state index < -0.39 is 13.3 Å². The van der Waals surface area contributed by atoms with E-state index in [9.17, 15) is 5.26 Å². The first kappa shape index (κ1) is 17.8. The summed E-state index contributed by atoms with van der Waals surface area (Å²) < 4.78 is 9.97. The fourth-order valence-corrected chi connectivity index (χ4v) is 6.08. The third kappa shape index (κ3) is 2.94. The molecule has 0 aliphatic heterocycles. The molecule has 2 aromatic carbocycles. The Balaban J connectivity index is 2.02. The van der Waals surface area contributed by atoms with Gasteiger partial charge in [0.05, 0.1) is 0 Å². The van der Waals surface area contributed by atoms with Gasteiger partial charge in [-0.1, -0.05) is 0 Å². The van der Waals surface area contributed by atoms with Gasteiger partial charge >= 0.3 is 162 Å². The molecule has 0 spiro atoms. The van der Waals surface area contributed by atoms with Crippen molar-refractivity contribution in [3.05, 3.63) is 59.8 Å². The second-order valence-electron chi connectivity index (χ2n) is 8.22. The molecule has 0 aliphatic rings. The van der Waals surface area contributed by atoms with Crippen molar-refractivity contribution in [3.63, 3.8) is 0 Å². The Hall–Kier alpha value is -2.58. The molecule has 0 atom stereocenters. The molecule has 134 valence electrons. The Morgan fingerprint density at radius 1 is 1.00 bits per heavy atom. The van der Waals surface area contributed by atoms with Crippen molar-refractivity contribution in [2.75, 3.05) is 0 Å². The third-order valence-corrected chi connectivity index (χ3v) is 9.49. The van der Waals surface area contributed by atoms with Crippen molar-refractivity contribution < 1.29 is 8.98 Å². The summed E-state index contributed by atoms with van der Waals surface area (Å²) in [5, 5.41) is 11.3. The van der Waals surface area contributed by atoms with Crippen molar-refractivity contribution in [2.24, 2.45) is 7.05 Å². The van der Waals surface area contributed by atoms with Crippen LogP contribution < -0.4 is 8.96 Å². The monoisotopic (exact) mass is 417 g/mol. The first-order valence-corrected chi connectivity index (χ1v) is 16.5. The van der Waals surface area contributed by atoms with Crippen LogP contribution in [0.15, 0.2) is 53.1 Å². The summed E-state index contributed by atoms with van der Waals surface area (Å²) >= 11 is -1.88. The average molecular weight is 416 g/mol. The van der Waals surface area contributed by atoms with Crippen LogP contribution in [0, 0.1) is 18.3 Å². The molecule has 4 rings (SSSR count). The number of rotatable bonds is 2. The molecule has 3 nitrogen and oxygen atoms in total. The van der Waals surface area contributed by atoms with Crippen LogP contribution in [0.25, 0.3) is 33.2 Å². The average Bonchev–Trinajstić information content (AvgIpc) is 2.98. The molecule has 0 radical (unpaired) electrons. The van der Waals surface area contributed by atoms with Crippen LogP contribution in [0.2, 0.25) is 17.3 Å². The standard InChI is InChI=1S/C23H23GeN2O/c1-15-6-9-19-18-10-7-16(13-25)12-21(18)27-23(19)22(15)20-11-8-17(14-26(20)5)24(2,3)4/h6-12,14H,1-5H3/q+1. The van der Waals surface area contributed by atoms with Gasteiger partial charge < -0.3 is 0 Å². The second-order valence-corrected chi connectivity index (χ2v) is 18.9. The molecule has 2 heterocycles. The SMILES string of the molecule is Cc1ccc2c(oc3cc(C#N)ccc32)c1-c1cc[c]([Ge]([CH3])([CH3])[CH3])c[n+]1C. The van der Waals surface area contributed by atoms with Gasteiger partial charge in [-0.3, -0.25) is 0 Å². The molecule has 4 heteroatoms. The van der Waals surface area contributed by atoms with Crippen molar-refractivity contribution in [1.82, 2.24) is 0 Å². The predicted molar refractivity (Wildman–Crippen MR) is 113 cm³/mol. The maximum atomic E-state index is 9.19. The van der Waals surface area contributed by atoms with E-state index in [1.165, 1.54) is 9.96 Å². The Morgan fingerprint density at radius 2 is 1.74 bits per heavy atom. The van der Waals surface area contributed by atoms with Gasteiger partial charge in [0.15, 0.2) is 0 Å². The van der Waals surface area contributed by atoms with E-state index in [4.69, 9.17) is 4.42 Å². The van der Waals surface area contributed by atoms with Gasteiger partial charge in [0.1, 0.15) is 0 Å². The molecule has 27 heavy (non-hydrogen) atoms. The zero-order valence-corrected chi connectivity index (χ0v) is 18.5. The summed E-state index contributed by atoms with van der Waals surface area (Å²) in [6, 6.07) is 16.6. The molecule has 2 aromatic heterocycles. The fourth-order valence-electron chi connectivity index (χ4n) is 3.64. The van der Waals surface area contributed by atoms with Gasteiger partial charge in [-0.2, -0.15) is 0 Å². The fraction of sp³-hybridized carbons (Fsp3) is 0.217. The molecule has 0 aliphatic carbocycles. The van der Waals surface area contributed by atoms with Gasteiger partial charge in [0.25, 0.3) is 0 Å². The Morgan fingerprint density at radius 3 is 2.41 bits per heavy atom. The van der Waals surface area contributed by atoms with Crippen LogP contribution in [-0.2, 0) is 7.05 Å². The molecule has 0 fully saturated rings. The van der Waals surface area contributed by atoms with Gasteiger partial charge in [-0.15, -0.1) is 0 Å². The zero-order valence-electron chi connectivity index (χ0n) is 16.4. The van der Waals surface area contributed by atoms with E-state index in [-0.39, 0.29) is 0 Å². The first-order valence-electron chi connectivity index (χ1n) is 9.16. The zero-order chi connectivity index (χ0) is 19.3. The molecule has 0 bridgehead atoms. The molecule has 0 N–H and O–H groups in total. The number of aryl methyl sites for hydroxylation is 2. The summed E-state index contributed by atoms with van der Waals surface area (Å²) in [4.78, 5) is 0. The van der Waals surface area contributed by atoms with Crippen LogP contribution in [0.5, 0.6) is 0 Å². The van der Waals surface area contributed by atoms with Crippen molar-refractivity contribution >= 4 is 39.6 Å². The normalized spacial score (nSPS) is 11.9. The number of furan rings is 1. The number of fused-ring (bicyclic) bond motifs is 3. The summed E-state index contributed by atoms with van der Waals surface area (Å²) in [5.41, 5.74) is 5.72. The Kier molecular flexibility index (Phi) is 4.12. The molecule has 0 amide bonds. The van der Waals surface area contributed by atoms with Crippen molar-refractivity contribution in [3.8, 4) is 17.3 Å². The molecule has 0 saturated heterocycles. The molecular formula is C23H23GeN2O+. The number of aromatic nitrogens is 1. The van der Waals surface area contributed by atoms with Crippen molar-refractivity contribution in [1.29, 1.82) is 5.26 Å². The number of hydrogen-bond acceptors (Lipinski definition) is 2. The van der Waals surface area contributed by atoms with Crippen LogP contribution in [0.4, 0.5) is 0 Å². The van der Waals surface area contributed by atoms with Crippen LogP contribution in [0.3, 0.4) is 0 Å². The number of nitrogens with zero attached hydrogens (tertiary/aromatic N) is 2. The van der Waals surface area contributed by atoms with Gasteiger partial charge in [-0.25, -0.2) is 0 Å². The third-order valence-electron chi connectivity index (χ3n) is 5.23. The van der Waals surface area contributed by atoms with E-state index in [0.29, 0.717) is 5.56 Å². The predicted octanol–water partition coefficient (Wildman–Crippen LogP) is 4.80. The molecular weight excluding hydrogens is 393 g/mol. The van der Waals surface area contributed by atoms with Crippen molar-refractivity contribution in [2.45, 2.75) is 24.2 Å². The van der Waals surface area contributed by atoms with Crippen LogP contribution in [0.1, 0.15) is 11.1 Å². The summed E-state index contributed by atoms with van der Waals surface area (Å²) in [6.07, 6.45) is 2.28. The van der Waals surface area contributed by atoms with E-state index in [1.807, 2.05) is 18.2 Å². The van der Waals surface area contributed by atoms with E-state index in [2.05, 4.69) is 72.3 Å². The summed E-state index contributed by atoms with van der Waals surface area (Å²) in [5.74, 6) is 7.23. The quantitative estimate of drug-likeness (QED) is 0.348. The van der Waals surface area contributed by atoms with E-state index in [1.54, 1.807) is 0 Å². The van der Waals surface area contributed by atoms with Gasteiger partial charge in [-0.05, 0) is 0 Å². The number of pyridine rings is 1. The van der Waals surface area contributed by atoms with Crippen LogP contribution in [-0.4, -0.2) is 13.3 Å². The topological polar surface area (TPSA) is 40.8 Å². The number of hydrogen-bond donors (Lipinski definition) is 0. The van der Waals surface area contributed by atoms with Crippen LogP contribution >= 0.6 is 0 Å². The minimum absolute atomic E-state index is 0.617. The number of nitriles is 1. The Bertz CT molecular complexity index is 1240. The van der Waals surface area contributed by atoms with Gasteiger partial charge in [0, 0.05) is 0 Å². The number of benzene rings is 2.